The number of hydrogen-bond acceptors (Lipinski definition) is 22. The van der Waals surface area contributed by atoms with Crippen LogP contribution in [0, 0.1) is 5.92 Å². The van der Waals surface area contributed by atoms with Gasteiger partial charge in [0, 0.05) is 97.3 Å². The third-order valence-corrected chi connectivity index (χ3v) is 52.9. The molecule has 8 aliphatic rings. The van der Waals surface area contributed by atoms with E-state index >= 15 is 0 Å². The van der Waals surface area contributed by atoms with Gasteiger partial charge in [-0.2, -0.15) is 35.3 Å². The van der Waals surface area contributed by atoms with Gasteiger partial charge in [-0.25, -0.2) is 0 Å². The van der Waals surface area contributed by atoms with Crippen molar-refractivity contribution in [2.45, 2.75) is 421 Å². The molecule has 5 saturated heterocycles. The second kappa shape index (κ2) is 91.8. The van der Waals surface area contributed by atoms with Crippen molar-refractivity contribution in [1.82, 2.24) is 82.8 Å². The molecule has 3 unspecified atom stereocenters. The summed E-state index contributed by atoms with van der Waals surface area (Å²) in [5, 5.41) is 2.37. The number of nitrogens with zero attached hydrogens (tertiary/aromatic N) is 17. The summed E-state index contributed by atoms with van der Waals surface area (Å²) < 4.78 is 10.5. The van der Waals surface area contributed by atoms with Gasteiger partial charge in [0.15, 0.2) is 0 Å². The van der Waals surface area contributed by atoms with Crippen molar-refractivity contribution < 1.29 is 4.74 Å². The van der Waals surface area contributed by atoms with Gasteiger partial charge in [-0.05, 0) is 474 Å². The first-order chi connectivity index (χ1) is 66.8. The van der Waals surface area contributed by atoms with Gasteiger partial charge in [0.05, 0.1) is 62.9 Å². The summed E-state index contributed by atoms with van der Waals surface area (Å²) in [6, 6.07) is 17.6. The fraction of sp³-hybridized carbons (Fsp3) is 0.948. The zero-order valence-electron chi connectivity index (χ0n) is 105. The fourth-order valence-corrected chi connectivity index (χ4v) is 45.3. The molecule has 0 spiro atoms. The number of benzene rings is 1. The summed E-state index contributed by atoms with van der Waals surface area (Å²) in [4.78, 5) is 36.8. The predicted molar refractivity (Wildman–Crippen MR) is 681 cm³/mol. The highest BCUT2D eigenvalue weighted by Gasteiger charge is 2.35. The van der Waals surface area contributed by atoms with Crippen LogP contribution in [-0.4, -0.2) is 464 Å². The minimum Gasteiger partial charge on any atom is -0.369 e. The number of rotatable bonds is 40. The molecule has 1 aromatic rings. The molecule has 18 nitrogen and oxygen atoms in total. The van der Waals surface area contributed by atoms with Crippen LogP contribution in [0.3, 0.4) is 0 Å². The number of methoxy groups -OCH3 is 1. The van der Waals surface area contributed by atoms with Crippen LogP contribution in [0.25, 0.3) is 0 Å². The van der Waals surface area contributed by atoms with Crippen LogP contribution in [0.15, 0.2) is 35.2 Å². The molecule has 1 aromatic carbocycles. The Balaban J connectivity index is -0.000000741. The van der Waals surface area contributed by atoms with Gasteiger partial charge < -0.3 is 4.74 Å². The molecular weight excluding hydrogens is 1940 g/mol. The average molecular weight is 2200 g/mol. The number of thioether (sulfide) groups is 4. The van der Waals surface area contributed by atoms with Crippen LogP contribution in [0.2, 0.25) is 58.9 Å². The third-order valence-electron chi connectivity index (χ3n) is 27.0. The Hall–Kier alpha value is 1.84. The number of hydrogen-bond donors (Lipinski definition) is 0. The lowest BCUT2D eigenvalue weighted by Crippen LogP contribution is -2.45. The summed E-state index contributed by atoms with van der Waals surface area (Å²) >= 11 is 7.47. The normalized spacial score (nSPS) is 18.4. The molecule has 8 fully saturated rings. The Labute approximate surface area is 924 Å². The van der Waals surface area contributed by atoms with Crippen LogP contribution in [0.5, 0.6) is 0 Å². The molecule has 0 radical (unpaired) electrons. The lowest BCUT2D eigenvalue weighted by atomic mass is 9.91. The average Bonchev–Trinajstić information content (AvgIpc) is 1.11. The molecule has 5 aliphatic heterocycles. The highest BCUT2D eigenvalue weighted by molar-refractivity contribution is 8.15. The SMILES string of the molecule is CC(C)N(C(C)C)P(C)C[Si](C)(C)C.CC(C)N(C)CN(C(C)C)C(C)C.CC(C)N(C)CN1CCCC1.CC(C)N(C)CN1CCCCC1.CC1CCN(CN(C)C(C)C)CC1.CN(C)CN(C)C.CN(C)CN1CCCC1.CN(C)CN1CCCCC1.COCN(C)C.CP(C[Si](C)(C)C)C1CCCCC1.CP(C[Si](C)(C)C)N(C1CCCCC1)C1CCCCC1.CSCSC.CSCSc1ccccc1. The van der Waals surface area contributed by atoms with E-state index in [2.05, 4.69) is 402 Å². The van der Waals surface area contributed by atoms with E-state index in [4.69, 9.17) is 4.74 Å². The Morgan fingerprint density at radius 2 is 0.629 bits per heavy atom. The van der Waals surface area contributed by atoms with Crippen molar-refractivity contribution >= 4 is 95.3 Å². The van der Waals surface area contributed by atoms with Crippen molar-refractivity contribution in [3.63, 3.8) is 0 Å². The number of ether oxygens (including phenoxy) is 1. The van der Waals surface area contributed by atoms with Gasteiger partial charge in [-0.1, -0.05) is 155 Å². The molecule has 28 heteroatoms. The van der Waals surface area contributed by atoms with Crippen molar-refractivity contribution in [3.05, 3.63) is 30.3 Å². The van der Waals surface area contributed by atoms with E-state index in [1.54, 1.807) is 31.5 Å². The van der Waals surface area contributed by atoms with Crippen molar-refractivity contribution in [1.29, 1.82) is 0 Å². The van der Waals surface area contributed by atoms with Gasteiger partial charge >= 0.3 is 0 Å². The zero-order valence-corrected chi connectivity index (χ0v) is 114. The van der Waals surface area contributed by atoms with Crippen molar-refractivity contribution in [2.24, 2.45) is 5.92 Å². The maximum absolute atomic E-state index is 4.73. The largest absolute Gasteiger partial charge is 0.369 e. The smallest absolute Gasteiger partial charge is 0.0981 e. The highest BCUT2D eigenvalue weighted by Crippen LogP contribution is 2.49. The standard InChI is InChI=1S/C17H36NPSi.C11H24N2.C11H26N2.C11H28NPSi.C11H25PSi.C10H22N2.C9H20N2.C8H18N2.C8H10S2.C7H16N2.C5H14N2.C4H11NO.C3H8S2/c1-19(15-20(2,3)4)18(16-11-7-5-8-12-16)17-13-9-6-10-14-17;1-10(2)12(4)9-13-7-5-11(3)6-8-13;1-9(2)12(7)8-13(10(3)4)11(5)6;1-10(2)12(11(3)4)13(5)9-14(6,7)8;1-12(10-13(2,3)4)11-8-6-5-7-9-11;1-10(2)11(3)9-12-7-5-4-6-8-12;1-9(2)10(3)8-11-6-4-5-7-11;1-9(2)8-10-6-4-3-5-7-10;1-9-7-10-8-5-3-2-4-6-8;1-8(2)7-9-5-3-4-6-9;1-6(2)5-7(3)4;1-5(2)4-6-3;1-4-3-5-2/h16-17H,5-15H2,1-4H3;10-11H,5-9H2,1-4H3;9-11H,8H2,1-7H3;10-11H,9H2,1-8H3;11H,5-10H2,1-4H3;10H,4-9H2,1-3H3;9H,4-8H2,1-3H3;3-8H2,1-2H3;2-6H,7H2,1H3;3-7H2,1-2H3;5H2,1-4H3;4H2,1-3H3;3H2,1-2H3. The van der Waals surface area contributed by atoms with Gasteiger partial charge in [0.2, 0.25) is 0 Å². The first-order valence-corrected chi connectivity index (χ1v) is 79.7. The molecule has 3 aliphatic carbocycles. The van der Waals surface area contributed by atoms with E-state index in [-0.39, 0.29) is 16.1 Å². The topological polar surface area (TPSA) is 64.3 Å². The maximum Gasteiger partial charge on any atom is 0.0981 e. The van der Waals surface area contributed by atoms with Crippen LogP contribution >= 0.6 is 71.1 Å². The summed E-state index contributed by atoms with van der Waals surface area (Å²) in [5.74, 6) is 5.57. The van der Waals surface area contributed by atoms with Crippen LogP contribution in [0.1, 0.15) is 291 Å². The maximum atomic E-state index is 4.73. The Morgan fingerprint density at radius 3 is 0.888 bits per heavy atom. The first kappa shape index (κ1) is 151. The molecule has 0 bridgehead atoms. The van der Waals surface area contributed by atoms with E-state index in [1.165, 1.54) is 242 Å². The van der Waals surface area contributed by atoms with E-state index in [9.17, 15) is 0 Å². The molecule has 143 heavy (non-hydrogen) atoms. The number of likely N-dealkylation sites (tertiary alicyclic amines) is 5. The molecular formula is C115H258N17OP3S4Si3. The van der Waals surface area contributed by atoms with Crippen LogP contribution < -0.4 is 0 Å². The third kappa shape index (κ3) is 91.5. The minimum atomic E-state index is -0.923. The predicted octanol–water partition coefficient (Wildman–Crippen LogP) is 28.3. The van der Waals surface area contributed by atoms with Gasteiger partial charge in [0.25, 0.3) is 0 Å². The summed E-state index contributed by atoms with van der Waals surface area (Å²) in [6.07, 6.45) is 45.7. The summed E-state index contributed by atoms with van der Waals surface area (Å²) in [7, 11) is 29.1. The Morgan fingerprint density at radius 1 is 0.329 bits per heavy atom. The van der Waals surface area contributed by atoms with Crippen LogP contribution in [0.4, 0.5) is 0 Å². The molecule has 3 atom stereocenters. The van der Waals surface area contributed by atoms with Gasteiger partial charge in [-0.15, -0.1) is 19.7 Å². The van der Waals surface area contributed by atoms with E-state index in [1.807, 2.05) is 72.1 Å². The lowest BCUT2D eigenvalue weighted by Gasteiger charge is -2.46. The Kier molecular flexibility index (Phi) is 96.9. The van der Waals surface area contributed by atoms with E-state index in [0.29, 0.717) is 63.0 Å². The molecule has 0 amide bonds. The van der Waals surface area contributed by atoms with Gasteiger partial charge in [0.1, 0.15) is 0 Å². The molecule has 0 aromatic heterocycles. The summed E-state index contributed by atoms with van der Waals surface area (Å²) in [5.41, 5.74) is 1.13. The molecule has 5 heterocycles. The second-order valence-electron chi connectivity index (χ2n) is 50.3. The molecule has 3 saturated carbocycles. The van der Waals surface area contributed by atoms with Gasteiger partial charge in [-0.3, -0.25) is 82.8 Å². The highest BCUT2D eigenvalue weighted by atomic mass is 32.2. The Bertz CT molecular complexity index is 2810. The van der Waals surface area contributed by atoms with Crippen molar-refractivity contribution in [2.75, 3.05) is 291 Å². The quantitative estimate of drug-likeness (QED) is 0.0271. The van der Waals surface area contributed by atoms with E-state index < -0.39 is 24.2 Å². The minimum absolute atomic E-state index is 0.0841. The van der Waals surface area contributed by atoms with E-state index in [0.717, 1.165) is 75.4 Å². The fourth-order valence-electron chi connectivity index (χ4n) is 19.3. The lowest BCUT2D eigenvalue weighted by molar-refractivity contribution is 0.0773. The molecule has 0 N–H and O–H groups in total. The monoisotopic (exact) mass is 2200 g/mol. The summed E-state index contributed by atoms with van der Waals surface area (Å²) in [6.45, 7) is 90.5. The van der Waals surface area contributed by atoms with Crippen molar-refractivity contribution in [3.8, 4) is 0 Å². The first-order valence-electron chi connectivity index (χ1n) is 57.5. The second-order valence-corrected chi connectivity index (χ2v) is 79.7. The zero-order chi connectivity index (χ0) is 110. The number of piperidine rings is 3. The molecule has 9 rings (SSSR count). The van der Waals surface area contributed by atoms with Crippen LogP contribution in [-0.2, 0) is 4.74 Å². The molecule has 860 valence electrons.